The summed E-state index contributed by atoms with van der Waals surface area (Å²) in [5.74, 6) is -1.19. The van der Waals surface area contributed by atoms with Gasteiger partial charge in [0.2, 0.25) is 5.75 Å². The van der Waals surface area contributed by atoms with Crippen LogP contribution in [0.1, 0.15) is 81.5 Å². The Bertz CT molecular complexity index is 602. The highest BCUT2D eigenvalue weighted by Gasteiger charge is 2.23. The van der Waals surface area contributed by atoms with Gasteiger partial charge in [-0.25, -0.2) is 4.79 Å². The highest BCUT2D eigenvalue weighted by atomic mass is 16.6. The molecule has 7 heteroatoms. The van der Waals surface area contributed by atoms with Crippen molar-refractivity contribution < 1.29 is 24.3 Å². The minimum Gasteiger partial charge on any atom is -0.496 e. The van der Waals surface area contributed by atoms with Gasteiger partial charge in [0, 0.05) is 12.1 Å². The van der Waals surface area contributed by atoms with Crippen LogP contribution in [0.4, 0.5) is 5.69 Å². The Kier molecular flexibility index (Phi) is 10.9. The van der Waals surface area contributed by atoms with E-state index < -0.39 is 10.9 Å². The molecule has 0 radical (unpaired) electrons. The van der Waals surface area contributed by atoms with Crippen molar-refractivity contribution in [2.24, 2.45) is 0 Å². The van der Waals surface area contributed by atoms with Crippen LogP contribution in [0.25, 0.3) is 0 Å². The standard InChI is InChI=1S/C20H31NO6/c1-3-4-5-6-7-8-9-10-11-12-13-27-19-15-18(26-2)16(20(22)23)14-17(19)21(24)25/h14-15H,3-13H2,1-2H3,(H,22,23). The zero-order chi connectivity index (χ0) is 20.1. The van der Waals surface area contributed by atoms with Crippen molar-refractivity contribution in [2.45, 2.75) is 71.1 Å². The van der Waals surface area contributed by atoms with Crippen molar-refractivity contribution in [3.63, 3.8) is 0 Å². The van der Waals surface area contributed by atoms with Crippen LogP contribution in [0.5, 0.6) is 11.5 Å². The van der Waals surface area contributed by atoms with Gasteiger partial charge in [0.15, 0.2) is 0 Å². The first kappa shape index (κ1) is 22.7. The molecule has 0 atom stereocenters. The van der Waals surface area contributed by atoms with Crippen LogP contribution < -0.4 is 9.47 Å². The fourth-order valence-electron chi connectivity index (χ4n) is 2.92. The smallest absolute Gasteiger partial charge is 0.339 e. The molecule has 0 saturated heterocycles. The predicted octanol–water partition coefficient (Wildman–Crippen LogP) is 5.60. The van der Waals surface area contributed by atoms with E-state index in [4.69, 9.17) is 14.6 Å². The Morgan fingerprint density at radius 1 is 1.00 bits per heavy atom. The van der Waals surface area contributed by atoms with E-state index in [1.54, 1.807) is 0 Å². The van der Waals surface area contributed by atoms with E-state index in [1.807, 2.05) is 0 Å². The van der Waals surface area contributed by atoms with Crippen LogP contribution in [0, 0.1) is 10.1 Å². The number of ether oxygens (including phenoxy) is 2. The second-order valence-corrected chi connectivity index (χ2v) is 6.61. The maximum atomic E-state index is 11.2. The van der Waals surface area contributed by atoms with Gasteiger partial charge in [-0.3, -0.25) is 10.1 Å². The highest BCUT2D eigenvalue weighted by molar-refractivity contribution is 5.92. The maximum Gasteiger partial charge on any atom is 0.339 e. The number of aromatic carboxylic acids is 1. The lowest BCUT2D eigenvalue weighted by molar-refractivity contribution is -0.385. The number of rotatable bonds is 15. The molecule has 1 rings (SSSR count). The van der Waals surface area contributed by atoms with E-state index >= 15 is 0 Å². The lowest BCUT2D eigenvalue weighted by Gasteiger charge is -2.10. The van der Waals surface area contributed by atoms with Crippen molar-refractivity contribution in [3.8, 4) is 11.5 Å². The van der Waals surface area contributed by atoms with E-state index in [-0.39, 0.29) is 22.7 Å². The highest BCUT2D eigenvalue weighted by Crippen LogP contribution is 2.34. The van der Waals surface area contributed by atoms with Crippen LogP contribution in [-0.2, 0) is 0 Å². The monoisotopic (exact) mass is 381 g/mol. The third-order valence-electron chi connectivity index (χ3n) is 4.46. The third kappa shape index (κ3) is 8.28. The molecule has 0 aliphatic heterocycles. The molecule has 0 saturated carbocycles. The molecule has 27 heavy (non-hydrogen) atoms. The molecule has 0 aliphatic carbocycles. The lowest BCUT2D eigenvalue weighted by atomic mass is 10.1. The third-order valence-corrected chi connectivity index (χ3v) is 4.46. The summed E-state index contributed by atoms with van der Waals surface area (Å²) in [6.07, 6.45) is 11.9. The summed E-state index contributed by atoms with van der Waals surface area (Å²) in [6.45, 7) is 2.57. The Morgan fingerprint density at radius 2 is 1.56 bits per heavy atom. The Labute approximate surface area is 160 Å². The molecule has 1 aromatic carbocycles. The first-order chi connectivity index (χ1) is 13.0. The zero-order valence-corrected chi connectivity index (χ0v) is 16.4. The van der Waals surface area contributed by atoms with Crippen molar-refractivity contribution in [1.82, 2.24) is 0 Å². The van der Waals surface area contributed by atoms with E-state index in [2.05, 4.69) is 6.92 Å². The number of hydrogen-bond acceptors (Lipinski definition) is 5. The lowest BCUT2D eigenvalue weighted by Crippen LogP contribution is -2.06. The van der Waals surface area contributed by atoms with E-state index in [1.165, 1.54) is 58.1 Å². The molecule has 7 nitrogen and oxygen atoms in total. The molecule has 0 amide bonds. The number of nitro groups is 1. The first-order valence-corrected chi connectivity index (χ1v) is 9.73. The SMILES string of the molecule is CCCCCCCCCCCCOc1cc(OC)c(C(=O)O)cc1[N+](=O)[O-]. The number of unbranched alkanes of at least 4 members (excludes halogenated alkanes) is 9. The number of nitro benzene ring substituents is 1. The second kappa shape index (κ2) is 12.9. The van der Waals surface area contributed by atoms with Gasteiger partial charge in [-0.2, -0.15) is 0 Å². The fourth-order valence-corrected chi connectivity index (χ4v) is 2.92. The first-order valence-electron chi connectivity index (χ1n) is 9.73. The van der Waals surface area contributed by atoms with Crippen LogP contribution in [0.3, 0.4) is 0 Å². The quantitative estimate of drug-likeness (QED) is 0.241. The molecule has 0 bridgehead atoms. The summed E-state index contributed by atoms with van der Waals surface area (Å²) < 4.78 is 10.5. The second-order valence-electron chi connectivity index (χ2n) is 6.61. The maximum absolute atomic E-state index is 11.2. The van der Waals surface area contributed by atoms with Crippen molar-refractivity contribution in [1.29, 1.82) is 0 Å². The summed E-state index contributed by atoms with van der Waals surface area (Å²) in [5, 5.41) is 20.3. The van der Waals surface area contributed by atoms with Crippen LogP contribution >= 0.6 is 0 Å². The molecule has 1 N–H and O–H groups in total. The van der Waals surface area contributed by atoms with Crippen molar-refractivity contribution in [2.75, 3.05) is 13.7 Å². The van der Waals surface area contributed by atoms with Crippen LogP contribution in [0.15, 0.2) is 12.1 Å². The largest absolute Gasteiger partial charge is 0.496 e. The van der Waals surface area contributed by atoms with Gasteiger partial charge in [-0.05, 0) is 6.42 Å². The van der Waals surface area contributed by atoms with Gasteiger partial charge in [-0.15, -0.1) is 0 Å². The summed E-state index contributed by atoms with van der Waals surface area (Å²) >= 11 is 0. The number of methoxy groups -OCH3 is 1. The average Bonchev–Trinajstić information content (AvgIpc) is 2.65. The number of carboxylic acid groups (broad SMARTS) is 1. The van der Waals surface area contributed by atoms with Crippen molar-refractivity contribution in [3.05, 3.63) is 27.8 Å². The minimum absolute atomic E-state index is 0.0396. The number of carbonyl (C=O) groups is 1. The Balaban J connectivity index is 2.39. The molecule has 1 aromatic rings. The zero-order valence-electron chi connectivity index (χ0n) is 16.4. The molecule has 0 unspecified atom stereocenters. The fraction of sp³-hybridized carbons (Fsp3) is 0.650. The van der Waals surface area contributed by atoms with Gasteiger partial charge >= 0.3 is 11.7 Å². The number of benzene rings is 1. The topological polar surface area (TPSA) is 98.9 Å². The average molecular weight is 381 g/mol. The van der Waals surface area contributed by atoms with Gasteiger partial charge < -0.3 is 14.6 Å². The molecular weight excluding hydrogens is 350 g/mol. The Morgan fingerprint density at radius 3 is 2.04 bits per heavy atom. The van der Waals surface area contributed by atoms with E-state index in [0.717, 1.165) is 25.3 Å². The van der Waals surface area contributed by atoms with Gasteiger partial charge in [-0.1, -0.05) is 64.7 Å². The van der Waals surface area contributed by atoms with Gasteiger partial charge in [0.25, 0.3) is 0 Å². The van der Waals surface area contributed by atoms with Gasteiger partial charge in [0.05, 0.1) is 18.6 Å². The van der Waals surface area contributed by atoms with Crippen molar-refractivity contribution >= 4 is 11.7 Å². The number of hydrogen-bond donors (Lipinski definition) is 1. The minimum atomic E-state index is -1.28. The number of carboxylic acids is 1. The van der Waals surface area contributed by atoms with Crippen LogP contribution in [-0.4, -0.2) is 29.7 Å². The molecule has 0 spiro atoms. The summed E-state index contributed by atoms with van der Waals surface area (Å²) in [4.78, 5) is 21.7. The number of nitrogens with zero attached hydrogens (tertiary/aromatic N) is 1. The summed E-state index contributed by atoms with van der Waals surface area (Å²) in [6, 6.07) is 2.26. The Hall–Kier alpha value is -2.31. The molecule has 0 aliphatic rings. The molecule has 0 fully saturated rings. The summed E-state index contributed by atoms with van der Waals surface area (Å²) in [7, 11) is 1.32. The van der Waals surface area contributed by atoms with E-state index in [0.29, 0.717) is 6.61 Å². The van der Waals surface area contributed by atoms with E-state index in [9.17, 15) is 14.9 Å². The van der Waals surface area contributed by atoms with Crippen LogP contribution in [0.2, 0.25) is 0 Å². The molecule has 0 aromatic heterocycles. The normalized spacial score (nSPS) is 10.6. The van der Waals surface area contributed by atoms with Gasteiger partial charge in [0.1, 0.15) is 11.3 Å². The molecule has 0 heterocycles. The summed E-state index contributed by atoms with van der Waals surface area (Å²) in [5.41, 5.74) is -0.615. The predicted molar refractivity (Wildman–Crippen MR) is 104 cm³/mol. The molecular formula is C20H31NO6. The molecule has 152 valence electrons.